The molecule has 9 nitrogen and oxygen atoms in total. The summed E-state index contributed by atoms with van der Waals surface area (Å²) in [5.41, 5.74) is 2.22. The van der Waals surface area contributed by atoms with E-state index in [1.807, 2.05) is 30.5 Å². The minimum Gasteiger partial charge on any atom is -0.296 e. The molecule has 1 N–H and O–H groups in total. The predicted molar refractivity (Wildman–Crippen MR) is 107 cm³/mol. The van der Waals surface area contributed by atoms with Crippen LogP contribution in [0.5, 0.6) is 0 Å². The standard InChI is InChI=1S/C19H14N8OS/c1-2-3-6-13-7-4-8-14(23-13)15-12-29-19(24-15)25-17(28)16-11-22-26-27(16)18-20-9-5-10-21-18/h4-5,7-12H,2H2,1H3,(H,24,25,28). The van der Waals surface area contributed by atoms with Gasteiger partial charge in [0, 0.05) is 24.2 Å². The maximum absolute atomic E-state index is 12.7. The molecular weight excluding hydrogens is 388 g/mol. The van der Waals surface area contributed by atoms with E-state index in [1.165, 1.54) is 22.2 Å². The van der Waals surface area contributed by atoms with Crippen LogP contribution in [0.3, 0.4) is 0 Å². The zero-order valence-corrected chi connectivity index (χ0v) is 16.1. The van der Waals surface area contributed by atoms with Crippen molar-refractivity contribution in [3.63, 3.8) is 0 Å². The normalized spacial score (nSPS) is 10.2. The third-order valence-corrected chi connectivity index (χ3v) is 4.41. The number of hydrogen-bond donors (Lipinski definition) is 1. The molecule has 4 aromatic heterocycles. The first kappa shape index (κ1) is 18.4. The molecule has 0 radical (unpaired) electrons. The first-order valence-corrected chi connectivity index (χ1v) is 9.54. The van der Waals surface area contributed by atoms with Gasteiger partial charge in [0.2, 0.25) is 0 Å². The van der Waals surface area contributed by atoms with Crippen LogP contribution in [-0.4, -0.2) is 40.8 Å². The molecule has 4 heterocycles. The highest BCUT2D eigenvalue weighted by Gasteiger charge is 2.18. The van der Waals surface area contributed by atoms with Gasteiger partial charge in [-0.2, -0.15) is 4.68 Å². The molecule has 0 bridgehead atoms. The number of pyridine rings is 1. The molecule has 4 rings (SSSR count). The summed E-state index contributed by atoms with van der Waals surface area (Å²) in [6, 6.07) is 7.25. The van der Waals surface area contributed by atoms with Crippen LogP contribution in [0.15, 0.2) is 48.2 Å². The van der Waals surface area contributed by atoms with Crippen molar-refractivity contribution in [2.45, 2.75) is 13.3 Å². The van der Waals surface area contributed by atoms with Gasteiger partial charge in [-0.05, 0) is 24.1 Å². The van der Waals surface area contributed by atoms with Crippen molar-refractivity contribution < 1.29 is 4.79 Å². The number of nitrogens with zero attached hydrogens (tertiary/aromatic N) is 7. The van der Waals surface area contributed by atoms with Crippen molar-refractivity contribution >= 4 is 22.4 Å². The molecule has 0 aliphatic carbocycles. The number of anilines is 1. The summed E-state index contributed by atoms with van der Waals surface area (Å²) >= 11 is 1.29. The van der Waals surface area contributed by atoms with Crippen LogP contribution in [0.4, 0.5) is 5.13 Å². The van der Waals surface area contributed by atoms with Gasteiger partial charge in [0.15, 0.2) is 10.8 Å². The van der Waals surface area contributed by atoms with Crippen LogP contribution in [0, 0.1) is 11.8 Å². The second kappa shape index (κ2) is 8.37. The average Bonchev–Trinajstić information content (AvgIpc) is 3.43. The molecule has 0 aliphatic heterocycles. The first-order chi connectivity index (χ1) is 14.2. The second-order valence-electron chi connectivity index (χ2n) is 5.64. The molecule has 29 heavy (non-hydrogen) atoms. The van der Waals surface area contributed by atoms with Crippen LogP contribution >= 0.6 is 11.3 Å². The van der Waals surface area contributed by atoms with Gasteiger partial charge in [0.05, 0.1) is 11.9 Å². The number of carbonyl (C=O) groups excluding carboxylic acids is 1. The van der Waals surface area contributed by atoms with Gasteiger partial charge in [-0.15, -0.1) is 16.4 Å². The molecular formula is C19H14N8OS. The van der Waals surface area contributed by atoms with Crippen LogP contribution in [0.1, 0.15) is 29.5 Å². The third-order valence-electron chi connectivity index (χ3n) is 3.65. The Balaban J connectivity index is 1.53. The molecule has 0 aliphatic rings. The highest BCUT2D eigenvalue weighted by Crippen LogP contribution is 2.24. The summed E-state index contributed by atoms with van der Waals surface area (Å²) in [6.45, 7) is 1.98. The molecule has 1 amide bonds. The molecule has 0 aromatic carbocycles. The van der Waals surface area contributed by atoms with E-state index in [9.17, 15) is 4.79 Å². The second-order valence-corrected chi connectivity index (χ2v) is 6.49. The molecule has 10 heteroatoms. The van der Waals surface area contributed by atoms with Crippen molar-refractivity contribution in [2.75, 3.05) is 5.32 Å². The molecule has 0 saturated carbocycles. The lowest BCUT2D eigenvalue weighted by atomic mass is 10.2. The molecule has 0 spiro atoms. The Morgan fingerprint density at radius 3 is 2.86 bits per heavy atom. The average molecular weight is 402 g/mol. The number of aromatic nitrogens is 7. The maximum atomic E-state index is 12.7. The minimum absolute atomic E-state index is 0.197. The monoisotopic (exact) mass is 402 g/mol. The lowest BCUT2D eigenvalue weighted by molar-refractivity contribution is 0.101. The lowest BCUT2D eigenvalue weighted by Gasteiger charge is -2.03. The zero-order chi connectivity index (χ0) is 20.1. The van der Waals surface area contributed by atoms with Crippen LogP contribution in [0.2, 0.25) is 0 Å². The van der Waals surface area contributed by atoms with Crippen LogP contribution < -0.4 is 5.32 Å². The molecule has 0 unspecified atom stereocenters. The summed E-state index contributed by atoms with van der Waals surface area (Å²) in [5.74, 6) is 5.83. The lowest BCUT2D eigenvalue weighted by Crippen LogP contribution is -2.18. The smallest absolute Gasteiger partial charge is 0.277 e. The van der Waals surface area contributed by atoms with Gasteiger partial charge in [-0.3, -0.25) is 10.1 Å². The fourth-order valence-corrected chi connectivity index (χ4v) is 3.07. The number of rotatable bonds is 4. The first-order valence-electron chi connectivity index (χ1n) is 8.66. The molecule has 0 fully saturated rings. The largest absolute Gasteiger partial charge is 0.296 e. The third kappa shape index (κ3) is 4.15. The fourth-order valence-electron chi connectivity index (χ4n) is 2.37. The fraction of sp³-hybridized carbons (Fsp3) is 0.105. The topological polar surface area (TPSA) is 111 Å². The van der Waals surface area contributed by atoms with E-state index in [1.54, 1.807) is 18.5 Å². The van der Waals surface area contributed by atoms with E-state index in [4.69, 9.17) is 0 Å². The Hall–Kier alpha value is -3.97. The highest BCUT2D eigenvalue weighted by molar-refractivity contribution is 7.14. The quantitative estimate of drug-likeness (QED) is 0.522. The van der Waals surface area contributed by atoms with E-state index in [0.717, 1.165) is 6.42 Å². The Morgan fingerprint density at radius 2 is 2.03 bits per heavy atom. The minimum atomic E-state index is -0.418. The molecule has 142 valence electrons. The summed E-state index contributed by atoms with van der Waals surface area (Å²) in [4.78, 5) is 29.8. The van der Waals surface area contributed by atoms with Crippen molar-refractivity contribution in [2.24, 2.45) is 0 Å². The van der Waals surface area contributed by atoms with Crippen molar-refractivity contribution in [1.29, 1.82) is 0 Å². The summed E-state index contributed by atoms with van der Waals surface area (Å²) in [6.07, 6.45) is 5.23. The van der Waals surface area contributed by atoms with Crippen molar-refractivity contribution in [3.8, 4) is 29.2 Å². The Kier molecular flexibility index (Phi) is 5.31. The summed E-state index contributed by atoms with van der Waals surface area (Å²) in [5, 5.41) is 12.7. The SMILES string of the molecule is CCC#Cc1cccc(-c2csc(NC(=O)c3cnnn3-c3ncccn3)n2)n1. The number of nitrogens with one attached hydrogen (secondary N) is 1. The van der Waals surface area contributed by atoms with Crippen LogP contribution in [-0.2, 0) is 0 Å². The Bertz CT molecular complexity index is 1210. The summed E-state index contributed by atoms with van der Waals surface area (Å²) < 4.78 is 1.27. The Labute approximate surface area is 169 Å². The number of amides is 1. The van der Waals surface area contributed by atoms with Gasteiger partial charge in [0.25, 0.3) is 11.9 Å². The van der Waals surface area contributed by atoms with Gasteiger partial charge in [-0.25, -0.2) is 19.9 Å². The van der Waals surface area contributed by atoms with Gasteiger partial charge < -0.3 is 0 Å². The number of carbonyl (C=O) groups is 1. The van der Waals surface area contributed by atoms with Crippen molar-refractivity contribution in [1.82, 2.24) is 34.9 Å². The van der Waals surface area contributed by atoms with Crippen molar-refractivity contribution in [3.05, 3.63) is 59.6 Å². The van der Waals surface area contributed by atoms with Gasteiger partial charge >= 0.3 is 0 Å². The number of hydrogen-bond acceptors (Lipinski definition) is 8. The van der Waals surface area contributed by atoms with Gasteiger partial charge in [-0.1, -0.05) is 24.1 Å². The number of thiazole rings is 1. The molecule has 0 atom stereocenters. The van der Waals surface area contributed by atoms with E-state index in [-0.39, 0.29) is 11.6 Å². The molecule has 0 saturated heterocycles. The summed E-state index contributed by atoms with van der Waals surface area (Å²) in [7, 11) is 0. The van der Waals surface area contributed by atoms with E-state index < -0.39 is 5.91 Å². The maximum Gasteiger partial charge on any atom is 0.277 e. The van der Waals surface area contributed by atoms with Crippen LogP contribution in [0.25, 0.3) is 17.3 Å². The van der Waals surface area contributed by atoms with E-state index >= 15 is 0 Å². The van der Waals surface area contributed by atoms with Gasteiger partial charge in [0.1, 0.15) is 11.4 Å². The highest BCUT2D eigenvalue weighted by atomic mass is 32.1. The van der Waals surface area contributed by atoms with E-state index in [0.29, 0.717) is 22.2 Å². The molecule has 4 aromatic rings. The zero-order valence-electron chi connectivity index (χ0n) is 15.3. The Morgan fingerprint density at radius 1 is 1.17 bits per heavy atom. The van der Waals surface area contributed by atoms with E-state index in [2.05, 4.69) is 47.4 Å². The predicted octanol–water partition coefficient (Wildman–Crippen LogP) is 2.59.